The van der Waals surface area contributed by atoms with Crippen LogP contribution in [0.15, 0.2) is 5.11 Å². The molecule has 0 saturated carbocycles. The van der Waals surface area contributed by atoms with Gasteiger partial charge in [0, 0.05) is 12.2 Å². The number of sulfone groups is 1. The van der Waals surface area contributed by atoms with Crippen molar-refractivity contribution < 1.29 is 18.3 Å². The van der Waals surface area contributed by atoms with Crippen LogP contribution in [0.4, 0.5) is 0 Å². The number of carbonyl (C=O) groups is 1. The van der Waals surface area contributed by atoms with Gasteiger partial charge in [0.05, 0.1) is 0 Å². The number of hydrogen-bond donors (Lipinski definition) is 2. The Bertz CT molecular complexity index is 322. The van der Waals surface area contributed by atoms with Crippen molar-refractivity contribution in [2.45, 2.75) is 18.7 Å². The Kier molecular flexibility index (Phi) is 3.15. The van der Waals surface area contributed by atoms with Crippen molar-refractivity contribution in [3.8, 4) is 0 Å². The monoisotopic (exact) mass is 208 g/mol. The molecule has 0 rings (SSSR count). The SMILES string of the molecule is CC(C)C(N=N)(C(=O)O)S(C)(=O)=O. The van der Waals surface area contributed by atoms with Crippen molar-refractivity contribution in [2.75, 3.05) is 6.26 Å². The average molecular weight is 208 g/mol. The second-order valence-electron chi connectivity index (χ2n) is 3.04. The lowest BCUT2D eigenvalue weighted by atomic mass is 10.1. The van der Waals surface area contributed by atoms with Gasteiger partial charge in [0.1, 0.15) is 0 Å². The Morgan fingerprint density at radius 3 is 1.92 bits per heavy atom. The average Bonchev–Trinajstić information content (AvgIpc) is 1.83. The molecule has 0 saturated heterocycles. The van der Waals surface area contributed by atoms with E-state index in [1.165, 1.54) is 13.8 Å². The van der Waals surface area contributed by atoms with Crippen LogP contribution >= 0.6 is 0 Å². The standard InChI is InChI=1S/C6H12N2O4S/c1-4(2)6(8-7,5(9)10)13(3,11)12/h4,7H,1-3H3,(H,9,10). The van der Waals surface area contributed by atoms with E-state index in [1.54, 1.807) is 0 Å². The Hall–Kier alpha value is -0.980. The van der Waals surface area contributed by atoms with Crippen LogP contribution in [-0.2, 0) is 14.6 Å². The molecular weight excluding hydrogens is 196 g/mol. The molecule has 0 aromatic heterocycles. The van der Waals surface area contributed by atoms with E-state index in [-0.39, 0.29) is 0 Å². The number of aliphatic carboxylic acids is 1. The van der Waals surface area contributed by atoms with Gasteiger partial charge in [-0.1, -0.05) is 13.8 Å². The van der Waals surface area contributed by atoms with Gasteiger partial charge in [-0.2, -0.15) is 5.11 Å². The first-order valence-electron chi connectivity index (χ1n) is 3.51. The molecule has 0 aromatic carbocycles. The molecule has 0 aromatic rings. The zero-order valence-electron chi connectivity index (χ0n) is 7.60. The first kappa shape index (κ1) is 12.0. The van der Waals surface area contributed by atoms with Crippen LogP contribution in [-0.4, -0.2) is 30.6 Å². The third-order valence-corrected chi connectivity index (χ3v) is 3.69. The molecule has 0 aliphatic rings. The molecule has 6 nitrogen and oxygen atoms in total. The number of hydrogen-bond acceptors (Lipinski definition) is 5. The molecule has 0 spiro atoms. The van der Waals surface area contributed by atoms with Crippen LogP contribution in [0.3, 0.4) is 0 Å². The molecule has 1 atom stereocenters. The molecule has 0 radical (unpaired) electrons. The summed E-state index contributed by atoms with van der Waals surface area (Å²) in [7, 11) is -3.93. The van der Waals surface area contributed by atoms with Crippen molar-refractivity contribution in [1.29, 1.82) is 5.53 Å². The van der Waals surface area contributed by atoms with Crippen molar-refractivity contribution >= 4 is 15.8 Å². The minimum Gasteiger partial charge on any atom is -0.479 e. The quantitative estimate of drug-likeness (QED) is 0.655. The van der Waals surface area contributed by atoms with Gasteiger partial charge < -0.3 is 5.11 Å². The van der Waals surface area contributed by atoms with Gasteiger partial charge in [0.25, 0.3) is 4.87 Å². The Morgan fingerprint density at radius 2 is 1.92 bits per heavy atom. The molecular formula is C6H12N2O4S. The minimum atomic E-state index is -3.93. The maximum Gasteiger partial charge on any atom is 0.349 e. The lowest BCUT2D eigenvalue weighted by Crippen LogP contribution is -2.48. The molecule has 76 valence electrons. The molecule has 0 fully saturated rings. The molecule has 0 heterocycles. The van der Waals surface area contributed by atoms with E-state index in [0.717, 1.165) is 6.26 Å². The molecule has 2 N–H and O–H groups in total. The highest BCUT2D eigenvalue weighted by atomic mass is 32.2. The summed E-state index contributed by atoms with van der Waals surface area (Å²) in [5.41, 5.74) is 6.69. The minimum absolute atomic E-state index is 0.763. The number of nitrogens with zero attached hydrogens (tertiary/aromatic N) is 1. The lowest BCUT2D eigenvalue weighted by Gasteiger charge is -2.24. The molecule has 1 unspecified atom stereocenters. The Morgan fingerprint density at radius 1 is 1.54 bits per heavy atom. The van der Waals surface area contributed by atoms with E-state index in [0.29, 0.717) is 0 Å². The normalized spacial score (nSPS) is 16.6. The van der Waals surface area contributed by atoms with Crippen molar-refractivity contribution in [3.63, 3.8) is 0 Å². The van der Waals surface area contributed by atoms with E-state index in [4.69, 9.17) is 10.6 Å². The molecule has 0 bridgehead atoms. The Labute approximate surface area is 76.4 Å². The highest BCUT2D eigenvalue weighted by Gasteiger charge is 2.52. The zero-order chi connectivity index (χ0) is 10.9. The first-order valence-corrected chi connectivity index (χ1v) is 5.41. The first-order chi connectivity index (χ1) is 5.70. The summed E-state index contributed by atoms with van der Waals surface area (Å²) in [6.45, 7) is 2.79. The highest BCUT2D eigenvalue weighted by molar-refractivity contribution is 7.92. The second kappa shape index (κ2) is 3.41. The van der Waals surface area contributed by atoms with Crippen LogP contribution in [0.25, 0.3) is 0 Å². The van der Waals surface area contributed by atoms with Gasteiger partial charge in [-0.15, -0.1) is 0 Å². The Balaban J connectivity index is 5.67. The molecule has 0 aliphatic heterocycles. The number of carboxylic acids is 1. The van der Waals surface area contributed by atoms with Crippen LogP contribution in [0.1, 0.15) is 13.8 Å². The fourth-order valence-corrected chi connectivity index (χ4v) is 2.43. The van der Waals surface area contributed by atoms with Gasteiger partial charge >= 0.3 is 5.97 Å². The second-order valence-corrected chi connectivity index (χ2v) is 5.21. The van der Waals surface area contributed by atoms with Gasteiger partial charge in [-0.05, 0) is 0 Å². The van der Waals surface area contributed by atoms with Gasteiger partial charge in [-0.3, -0.25) is 0 Å². The number of nitrogens with one attached hydrogen (secondary N) is 1. The third kappa shape index (κ3) is 1.69. The van der Waals surface area contributed by atoms with E-state index < -0.39 is 26.6 Å². The fourth-order valence-electron chi connectivity index (χ4n) is 1.09. The lowest BCUT2D eigenvalue weighted by molar-refractivity contribution is -0.141. The molecule has 0 amide bonds. The van der Waals surface area contributed by atoms with Crippen molar-refractivity contribution in [2.24, 2.45) is 11.0 Å². The number of carboxylic acid groups (broad SMARTS) is 1. The van der Waals surface area contributed by atoms with Crippen LogP contribution in [0.2, 0.25) is 0 Å². The summed E-state index contributed by atoms with van der Waals surface area (Å²) in [5.74, 6) is -2.39. The third-order valence-electron chi connectivity index (χ3n) is 1.82. The maximum atomic E-state index is 11.2. The fraction of sp³-hybridized carbons (Fsp3) is 0.833. The van der Waals surface area contributed by atoms with E-state index in [9.17, 15) is 13.2 Å². The summed E-state index contributed by atoms with van der Waals surface area (Å²) in [6, 6.07) is 0. The van der Waals surface area contributed by atoms with E-state index in [2.05, 4.69) is 5.11 Å². The predicted octanol–water partition coefficient (Wildman–Crippen LogP) is 0.499. The molecule has 0 aliphatic carbocycles. The smallest absolute Gasteiger partial charge is 0.349 e. The van der Waals surface area contributed by atoms with E-state index >= 15 is 0 Å². The summed E-state index contributed by atoms with van der Waals surface area (Å²) in [4.78, 5) is 8.41. The van der Waals surface area contributed by atoms with Crippen molar-refractivity contribution in [3.05, 3.63) is 0 Å². The van der Waals surface area contributed by atoms with Crippen molar-refractivity contribution in [1.82, 2.24) is 0 Å². The van der Waals surface area contributed by atoms with Gasteiger partial charge in [-0.25, -0.2) is 18.7 Å². The maximum absolute atomic E-state index is 11.2. The topological polar surface area (TPSA) is 108 Å². The summed E-state index contributed by atoms with van der Waals surface area (Å²) in [6.07, 6.45) is 0.763. The summed E-state index contributed by atoms with van der Waals surface area (Å²) >= 11 is 0. The highest BCUT2D eigenvalue weighted by Crippen LogP contribution is 2.28. The largest absolute Gasteiger partial charge is 0.479 e. The summed E-state index contributed by atoms with van der Waals surface area (Å²) in [5, 5.41) is 11.5. The number of rotatable bonds is 4. The van der Waals surface area contributed by atoms with Gasteiger partial charge in [0.2, 0.25) is 0 Å². The molecule has 13 heavy (non-hydrogen) atoms. The summed E-state index contributed by atoms with van der Waals surface area (Å²) < 4.78 is 22.3. The van der Waals surface area contributed by atoms with E-state index in [1.807, 2.05) is 0 Å². The zero-order valence-corrected chi connectivity index (χ0v) is 8.42. The molecule has 7 heteroatoms. The van der Waals surface area contributed by atoms with Crippen LogP contribution < -0.4 is 0 Å². The van der Waals surface area contributed by atoms with Crippen LogP contribution in [0, 0.1) is 11.4 Å². The predicted molar refractivity (Wildman–Crippen MR) is 45.2 cm³/mol. The van der Waals surface area contributed by atoms with Gasteiger partial charge in [0.15, 0.2) is 9.84 Å². The van der Waals surface area contributed by atoms with Crippen LogP contribution in [0.5, 0.6) is 0 Å².